The van der Waals surface area contributed by atoms with Crippen molar-refractivity contribution in [2.45, 2.75) is 6.54 Å². The number of anilines is 1. The first-order valence-corrected chi connectivity index (χ1v) is 8.27. The van der Waals surface area contributed by atoms with Crippen molar-refractivity contribution in [2.24, 2.45) is 5.10 Å². The van der Waals surface area contributed by atoms with Crippen molar-refractivity contribution in [3.8, 4) is 11.1 Å². The molecule has 3 aromatic rings. The Morgan fingerprint density at radius 3 is 2.65 bits per heavy atom. The quantitative estimate of drug-likeness (QED) is 0.742. The van der Waals surface area contributed by atoms with Crippen molar-refractivity contribution in [3.63, 3.8) is 0 Å². The highest BCUT2D eigenvalue weighted by atomic mass is 19.1. The van der Waals surface area contributed by atoms with Crippen LogP contribution in [0.5, 0.6) is 0 Å². The highest BCUT2D eigenvalue weighted by Gasteiger charge is 2.23. The fraction of sp³-hybridized carbons (Fsp3) is 0.158. The Hall–Kier alpha value is -3.19. The van der Waals surface area contributed by atoms with Crippen LogP contribution < -0.4 is 5.01 Å². The van der Waals surface area contributed by atoms with Gasteiger partial charge < -0.3 is 10.0 Å². The third-order valence-electron chi connectivity index (χ3n) is 4.31. The van der Waals surface area contributed by atoms with Crippen molar-refractivity contribution in [1.29, 1.82) is 0 Å². The topological polar surface area (TPSA) is 67.8 Å². The van der Waals surface area contributed by atoms with Gasteiger partial charge in [-0.05, 0) is 35.4 Å². The maximum absolute atomic E-state index is 13.4. The van der Waals surface area contributed by atoms with Gasteiger partial charge in [-0.3, -0.25) is 5.10 Å². The fourth-order valence-corrected chi connectivity index (χ4v) is 2.98. The van der Waals surface area contributed by atoms with E-state index in [-0.39, 0.29) is 12.4 Å². The summed E-state index contributed by atoms with van der Waals surface area (Å²) >= 11 is 0. The second kappa shape index (κ2) is 6.97. The molecule has 2 aromatic carbocycles. The summed E-state index contributed by atoms with van der Waals surface area (Å²) < 4.78 is 13.4. The van der Waals surface area contributed by atoms with Crippen LogP contribution in [0, 0.1) is 5.82 Å². The van der Waals surface area contributed by atoms with Crippen LogP contribution in [0.1, 0.15) is 5.56 Å². The molecule has 0 bridgehead atoms. The predicted molar refractivity (Wildman–Crippen MR) is 97.8 cm³/mol. The van der Waals surface area contributed by atoms with Gasteiger partial charge in [0, 0.05) is 18.3 Å². The number of H-pyrrole nitrogens is 1. The lowest BCUT2D eigenvalue weighted by molar-refractivity contribution is 0.327. The molecule has 132 valence electrons. The fourth-order valence-electron chi connectivity index (χ4n) is 2.98. The second-order valence-electron chi connectivity index (χ2n) is 6.08. The predicted octanol–water partition coefficient (Wildman–Crippen LogP) is 2.80. The van der Waals surface area contributed by atoms with Crippen LogP contribution in [-0.4, -0.2) is 39.3 Å². The number of aromatic amines is 1. The molecule has 6 nitrogen and oxygen atoms in total. The van der Waals surface area contributed by atoms with Gasteiger partial charge in [0.25, 0.3) is 0 Å². The molecule has 0 atom stereocenters. The first-order chi connectivity index (χ1) is 12.7. The van der Waals surface area contributed by atoms with Crippen molar-refractivity contribution in [3.05, 3.63) is 72.3 Å². The highest BCUT2D eigenvalue weighted by molar-refractivity contribution is 5.86. The summed E-state index contributed by atoms with van der Waals surface area (Å²) in [4.78, 5) is 1.93. The summed E-state index contributed by atoms with van der Waals surface area (Å²) in [6.45, 7) is 0.817. The Kier molecular flexibility index (Phi) is 4.37. The smallest absolute Gasteiger partial charge is 0.153 e. The van der Waals surface area contributed by atoms with Gasteiger partial charge in [-0.2, -0.15) is 10.2 Å². The zero-order chi connectivity index (χ0) is 17.9. The van der Waals surface area contributed by atoms with E-state index in [0.29, 0.717) is 19.0 Å². The Morgan fingerprint density at radius 1 is 1.12 bits per heavy atom. The molecule has 0 saturated heterocycles. The molecule has 7 heteroatoms. The summed E-state index contributed by atoms with van der Waals surface area (Å²) in [6.07, 6.45) is 3.61. The molecule has 0 amide bonds. The molecule has 0 radical (unpaired) electrons. The van der Waals surface area contributed by atoms with Crippen LogP contribution in [0.15, 0.2) is 66.0 Å². The summed E-state index contributed by atoms with van der Waals surface area (Å²) in [5.74, 6) is 0.295. The lowest BCUT2D eigenvalue weighted by atomic mass is 10.1. The monoisotopic (exact) mass is 351 g/mol. The van der Waals surface area contributed by atoms with Gasteiger partial charge in [0.2, 0.25) is 0 Å². The molecule has 1 aromatic heterocycles. The second-order valence-corrected chi connectivity index (χ2v) is 6.08. The van der Waals surface area contributed by atoms with E-state index >= 15 is 0 Å². The molecular formula is C19H18FN5O. The number of halogens is 1. The number of aliphatic hydroxyl groups excluding tert-OH is 1. The number of hydrogen-bond donors (Lipinski definition) is 2. The number of benzene rings is 2. The summed E-state index contributed by atoms with van der Waals surface area (Å²) in [7, 11) is 0. The first-order valence-electron chi connectivity index (χ1n) is 8.27. The van der Waals surface area contributed by atoms with E-state index in [4.69, 9.17) is 0 Å². The van der Waals surface area contributed by atoms with Crippen LogP contribution in [0.2, 0.25) is 0 Å². The minimum atomic E-state index is -0.268. The molecule has 0 aliphatic carbocycles. The van der Waals surface area contributed by atoms with Gasteiger partial charge in [-0.15, -0.1) is 0 Å². The average molecular weight is 351 g/mol. The van der Waals surface area contributed by atoms with E-state index in [0.717, 1.165) is 22.4 Å². The summed E-state index contributed by atoms with van der Waals surface area (Å²) in [6, 6.07) is 14.4. The third kappa shape index (κ3) is 3.29. The molecule has 26 heavy (non-hydrogen) atoms. The van der Waals surface area contributed by atoms with Crippen LogP contribution in [0.25, 0.3) is 11.1 Å². The molecule has 4 rings (SSSR count). The van der Waals surface area contributed by atoms with Crippen molar-refractivity contribution in [1.82, 2.24) is 15.1 Å². The lowest BCUT2D eigenvalue weighted by Crippen LogP contribution is -2.32. The Labute approximate surface area is 150 Å². The largest absolute Gasteiger partial charge is 0.388 e. The van der Waals surface area contributed by atoms with Gasteiger partial charge in [-0.1, -0.05) is 24.3 Å². The van der Waals surface area contributed by atoms with E-state index in [1.54, 1.807) is 12.3 Å². The molecule has 0 spiro atoms. The number of hydrogen-bond acceptors (Lipinski definition) is 5. The normalized spacial score (nSPS) is 14.0. The maximum atomic E-state index is 13.4. The molecule has 0 unspecified atom stereocenters. The summed E-state index contributed by atoms with van der Waals surface area (Å²) in [5.41, 5.74) is 3.84. The number of aliphatic hydroxyl groups is 1. The number of hydrazone groups is 1. The van der Waals surface area contributed by atoms with Gasteiger partial charge in [0.05, 0.1) is 11.9 Å². The van der Waals surface area contributed by atoms with Crippen molar-refractivity contribution >= 4 is 11.5 Å². The molecule has 2 heterocycles. The minimum absolute atomic E-state index is 0.168. The van der Waals surface area contributed by atoms with Gasteiger partial charge >= 0.3 is 0 Å². The van der Waals surface area contributed by atoms with Crippen LogP contribution in [0.3, 0.4) is 0 Å². The van der Waals surface area contributed by atoms with E-state index < -0.39 is 0 Å². The molecule has 0 saturated carbocycles. The Morgan fingerprint density at radius 2 is 1.96 bits per heavy atom. The number of nitrogens with one attached hydrogen (secondary N) is 1. The lowest BCUT2D eigenvalue weighted by Gasteiger charge is -2.21. The van der Waals surface area contributed by atoms with Crippen molar-refractivity contribution in [2.75, 3.05) is 18.3 Å². The van der Waals surface area contributed by atoms with Gasteiger partial charge in [-0.25, -0.2) is 9.40 Å². The van der Waals surface area contributed by atoms with E-state index in [1.165, 1.54) is 12.1 Å². The van der Waals surface area contributed by atoms with E-state index in [1.807, 2.05) is 46.4 Å². The molecule has 0 fully saturated rings. The molecule has 2 N–H and O–H groups in total. The van der Waals surface area contributed by atoms with Crippen LogP contribution in [-0.2, 0) is 6.54 Å². The number of amidine groups is 1. The van der Waals surface area contributed by atoms with Crippen LogP contribution in [0.4, 0.5) is 10.1 Å². The molecular weight excluding hydrogens is 333 g/mol. The van der Waals surface area contributed by atoms with E-state index in [9.17, 15) is 9.50 Å². The Bertz CT molecular complexity index is 908. The average Bonchev–Trinajstić information content (AvgIpc) is 3.32. The van der Waals surface area contributed by atoms with Crippen LogP contribution >= 0.6 is 0 Å². The standard InChI is InChI=1S/C19H18FN5O/c20-17-3-1-2-14(8-17)11-24-13-25(23-19(24)12-26)18-6-4-15(5-7-18)16-9-21-22-10-16/h1-10,26H,11-13H2,(H,21,22). The number of nitrogens with zero attached hydrogens (tertiary/aromatic N) is 4. The Balaban J connectivity index is 1.50. The maximum Gasteiger partial charge on any atom is 0.153 e. The minimum Gasteiger partial charge on any atom is -0.388 e. The first kappa shape index (κ1) is 16.3. The number of rotatable bonds is 5. The van der Waals surface area contributed by atoms with Gasteiger partial charge in [0.1, 0.15) is 19.1 Å². The molecule has 1 aliphatic rings. The van der Waals surface area contributed by atoms with Gasteiger partial charge in [0.15, 0.2) is 5.84 Å². The van der Waals surface area contributed by atoms with E-state index in [2.05, 4.69) is 15.3 Å². The SMILES string of the molecule is OCC1=NN(c2ccc(-c3cn[nH]c3)cc2)CN1Cc1cccc(F)c1. The zero-order valence-corrected chi connectivity index (χ0v) is 14.0. The number of aromatic nitrogens is 2. The van der Waals surface area contributed by atoms with Crippen molar-refractivity contribution < 1.29 is 9.50 Å². The molecule has 1 aliphatic heterocycles. The third-order valence-corrected chi connectivity index (χ3v) is 4.31. The zero-order valence-electron chi connectivity index (χ0n) is 14.0. The summed E-state index contributed by atoms with van der Waals surface area (Å²) in [5, 5.41) is 22.7. The highest BCUT2D eigenvalue weighted by Crippen LogP contribution is 2.25.